The lowest BCUT2D eigenvalue weighted by atomic mass is 9.95. The van der Waals surface area contributed by atoms with Gasteiger partial charge in [-0.3, -0.25) is 14.4 Å². The van der Waals surface area contributed by atoms with Crippen LogP contribution >= 0.6 is 0 Å². The largest absolute Gasteiger partial charge is 0.489 e. The molecule has 0 aliphatic carbocycles. The number of amides is 3. The van der Waals surface area contributed by atoms with Crippen LogP contribution in [-0.2, 0) is 33.6 Å². The van der Waals surface area contributed by atoms with Gasteiger partial charge in [-0.05, 0) is 60.4 Å². The Morgan fingerprint density at radius 1 is 1.07 bits per heavy atom. The maximum Gasteiger partial charge on any atom is 0.245 e. The fourth-order valence-electron chi connectivity index (χ4n) is 5.60. The second-order valence-electron chi connectivity index (χ2n) is 11.4. The van der Waals surface area contributed by atoms with Crippen LogP contribution in [0.2, 0.25) is 0 Å². The van der Waals surface area contributed by atoms with Crippen LogP contribution in [0.3, 0.4) is 0 Å². The van der Waals surface area contributed by atoms with Crippen LogP contribution in [0.1, 0.15) is 49.8 Å². The number of aryl methyl sites for hydroxylation is 2. The minimum atomic E-state index is -1.20. The molecule has 0 spiro atoms. The maximum atomic E-state index is 13.7. The number of hydrogen-bond donors (Lipinski definition) is 4. The fraction of sp³-hybridized carbons (Fsp3) is 0.531. The van der Waals surface area contributed by atoms with Crippen LogP contribution in [0.4, 0.5) is 4.39 Å². The van der Waals surface area contributed by atoms with Gasteiger partial charge in [0.05, 0.1) is 12.6 Å². The predicted octanol–water partition coefficient (Wildman–Crippen LogP) is 2.13. The Kier molecular flexibility index (Phi) is 10.9. The third-order valence-electron chi connectivity index (χ3n) is 8.44. The molecular formula is C32H43FN4O5. The zero-order valence-electron chi connectivity index (χ0n) is 24.7. The Morgan fingerprint density at radius 2 is 1.79 bits per heavy atom. The standard InChI is InChI=1S/C32H43FN4O5/c1-4-20(2)28-32(41)37(3)27(19-38)31(40)36-26(17-21-10-13-24(33)14-11-21)30(39)34-16-6-9-22-7-5-8-23-12-15-25(18-35-28)42-29(22)23/h5,7-8,10-11,13-14,20,25-28,35,38H,4,6,9,12,15-19H2,1-3H3,(H,34,39)(H,36,40)/t20?,25?,26-,27+,28-/m0/s1. The third kappa shape index (κ3) is 7.66. The SMILES string of the molecule is CCC(C)[C@@H]1NCC2CCc3cccc(c3O2)CCCNC(=O)[C@H](Cc2ccc(F)cc2)NC(=O)[C@@H](CO)N(C)C1=O. The molecule has 0 radical (unpaired) electrons. The van der Waals surface area contributed by atoms with Crippen molar-refractivity contribution < 1.29 is 28.6 Å². The molecule has 0 saturated carbocycles. The van der Waals surface area contributed by atoms with Crippen molar-refractivity contribution in [2.45, 2.75) is 76.6 Å². The Balaban J connectivity index is 1.63. The van der Waals surface area contributed by atoms with E-state index in [2.05, 4.69) is 22.0 Å². The molecular weight excluding hydrogens is 539 g/mol. The summed E-state index contributed by atoms with van der Waals surface area (Å²) in [4.78, 5) is 41.8. The molecule has 2 bridgehead atoms. The monoisotopic (exact) mass is 582 g/mol. The van der Waals surface area contributed by atoms with Crippen molar-refractivity contribution in [2.24, 2.45) is 5.92 Å². The fourth-order valence-corrected chi connectivity index (χ4v) is 5.60. The summed E-state index contributed by atoms with van der Waals surface area (Å²) >= 11 is 0. The van der Waals surface area contributed by atoms with Gasteiger partial charge in [0.15, 0.2) is 0 Å². The number of benzene rings is 2. The lowest BCUT2D eigenvalue weighted by Gasteiger charge is -2.34. The first-order valence-electron chi connectivity index (χ1n) is 14.9. The molecule has 228 valence electrons. The van der Waals surface area contributed by atoms with E-state index in [9.17, 15) is 23.9 Å². The second-order valence-corrected chi connectivity index (χ2v) is 11.4. The molecule has 0 aromatic heterocycles. The van der Waals surface area contributed by atoms with E-state index in [1.807, 2.05) is 26.0 Å². The average molecular weight is 583 g/mol. The second kappa shape index (κ2) is 14.6. The Bertz CT molecular complexity index is 1240. The summed E-state index contributed by atoms with van der Waals surface area (Å²) < 4.78 is 20.0. The molecule has 3 amide bonds. The molecule has 2 aliphatic heterocycles. The van der Waals surface area contributed by atoms with Gasteiger partial charge in [0.1, 0.15) is 29.8 Å². The topological polar surface area (TPSA) is 120 Å². The van der Waals surface area contributed by atoms with Crippen LogP contribution in [0.25, 0.3) is 0 Å². The number of aliphatic hydroxyl groups is 1. The van der Waals surface area contributed by atoms with Crippen molar-refractivity contribution in [2.75, 3.05) is 26.7 Å². The van der Waals surface area contributed by atoms with Gasteiger partial charge < -0.3 is 30.7 Å². The van der Waals surface area contributed by atoms with Gasteiger partial charge in [-0.15, -0.1) is 0 Å². The first-order chi connectivity index (χ1) is 20.2. The first-order valence-corrected chi connectivity index (χ1v) is 14.9. The van der Waals surface area contributed by atoms with Crippen molar-refractivity contribution in [3.05, 3.63) is 65.0 Å². The lowest BCUT2D eigenvalue weighted by Crippen LogP contribution is -2.59. The van der Waals surface area contributed by atoms with Gasteiger partial charge in [-0.2, -0.15) is 0 Å². The van der Waals surface area contributed by atoms with Crippen LogP contribution in [-0.4, -0.2) is 78.7 Å². The lowest BCUT2D eigenvalue weighted by molar-refractivity contribution is -0.143. The maximum absolute atomic E-state index is 13.7. The number of aliphatic hydroxyl groups excluding tert-OH is 1. The minimum absolute atomic E-state index is 0.0450. The molecule has 4 N–H and O–H groups in total. The Hall–Kier alpha value is -3.50. The van der Waals surface area contributed by atoms with E-state index in [0.29, 0.717) is 31.5 Å². The predicted molar refractivity (Wildman–Crippen MR) is 157 cm³/mol. The quantitative estimate of drug-likeness (QED) is 0.429. The van der Waals surface area contributed by atoms with Crippen molar-refractivity contribution >= 4 is 17.7 Å². The summed E-state index contributed by atoms with van der Waals surface area (Å²) in [6, 6.07) is 9.09. The molecule has 2 aliphatic rings. The van der Waals surface area contributed by atoms with Crippen LogP contribution < -0.4 is 20.7 Å². The molecule has 4 rings (SSSR count). The summed E-state index contributed by atoms with van der Waals surface area (Å²) in [6.07, 6.45) is 3.77. The van der Waals surface area contributed by atoms with Gasteiger partial charge in [0.25, 0.3) is 0 Å². The molecule has 2 aromatic rings. The van der Waals surface area contributed by atoms with Crippen LogP contribution in [0, 0.1) is 11.7 Å². The smallest absolute Gasteiger partial charge is 0.245 e. The number of fused-ring (bicyclic) bond motifs is 1. The van der Waals surface area contributed by atoms with E-state index in [0.717, 1.165) is 36.1 Å². The minimum Gasteiger partial charge on any atom is -0.489 e. The van der Waals surface area contributed by atoms with Crippen molar-refractivity contribution in [1.82, 2.24) is 20.9 Å². The molecule has 0 saturated heterocycles. The van der Waals surface area contributed by atoms with Gasteiger partial charge in [0.2, 0.25) is 17.7 Å². The molecule has 0 fully saturated rings. The highest BCUT2D eigenvalue weighted by Gasteiger charge is 2.35. The molecule has 2 heterocycles. The highest BCUT2D eigenvalue weighted by atomic mass is 19.1. The number of carbonyl (C=O) groups is 3. The normalized spacial score (nSPS) is 25.0. The molecule has 5 atom stereocenters. The van der Waals surface area contributed by atoms with E-state index in [-0.39, 0.29) is 24.3 Å². The zero-order chi connectivity index (χ0) is 30.2. The van der Waals surface area contributed by atoms with Crippen molar-refractivity contribution in [1.29, 1.82) is 0 Å². The summed E-state index contributed by atoms with van der Waals surface area (Å²) in [6.45, 7) is 4.20. The van der Waals surface area contributed by atoms with Crippen molar-refractivity contribution in [3.8, 4) is 5.75 Å². The molecule has 2 aromatic carbocycles. The summed E-state index contributed by atoms with van der Waals surface area (Å²) in [5, 5.41) is 19.3. The van der Waals surface area contributed by atoms with Gasteiger partial charge in [-0.25, -0.2) is 4.39 Å². The molecule has 9 nitrogen and oxygen atoms in total. The number of rotatable bonds is 5. The van der Waals surface area contributed by atoms with Crippen LogP contribution in [0.5, 0.6) is 5.75 Å². The van der Waals surface area contributed by atoms with E-state index in [1.165, 1.54) is 24.1 Å². The number of likely N-dealkylation sites (N-methyl/N-ethyl adjacent to an activating group) is 1. The highest BCUT2D eigenvalue weighted by Crippen LogP contribution is 2.32. The van der Waals surface area contributed by atoms with Gasteiger partial charge in [0, 0.05) is 26.6 Å². The first kappa shape index (κ1) is 31.4. The van der Waals surface area contributed by atoms with E-state index < -0.39 is 42.4 Å². The number of nitrogens with zero attached hydrogens (tertiary/aromatic N) is 1. The molecule has 10 heteroatoms. The number of nitrogens with one attached hydrogen (secondary N) is 3. The van der Waals surface area contributed by atoms with Crippen molar-refractivity contribution in [3.63, 3.8) is 0 Å². The molecule has 42 heavy (non-hydrogen) atoms. The van der Waals surface area contributed by atoms with Gasteiger partial charge in [-0.1, -0.05) is 50.6 Å². The average Bonchev–Trinajstić information content (AvgIpc) is 2.99. The number of hydrogen-bond acceptors (Lipinski definition) is 6. The van der Waals surface area contributed by atoms with Crippen LogP contribution in [0.15, 0.2) is 42.5 Å². The number of para-hydroxylation sites is 1. The van der Waals surface area contributed by atoms with E-state index in [1.54, 1.807) is 12.1 Å². The number of ether oxygens (including phenoxy) is 1. The zero-order valence-corrected chi connectivity index (χ0v) is 24.7. The Morgan fingerprint density at radius 3 is 2.48 bits per heavy atom. The summed E-state index contributed by atoms with van der Waals surface area (Å²) in [7, 11) is 1.49. The highest BCUT2D eigenvalue weighted by molar-refractivity contribution is 5.93. The number of carbonyl (C=O) groups excluding carboxylic acids is 3. The Labute approximate surface area is 247 Å². The van der Waals surface area contributed by atoms with E-state index >= 15 is 0 Å². The molecule has 2 unspecified atom stereocenters. The number of halogens is 1. The summed E-state index contributed by atoms with van der Waals surface area (Å²) in [5.41, 5.74) is 2.89. The third-order valence-corrected chi connectivity index (χ3v) is 8.44. The van der Waals surface area contributed by atoms with Gasteiger partial charge >= 0.3 is 0 Å². The summed E-state index contributed by atoms with van der Waals surface area (Å²) in [5.74, 6) is -0.928. The van der Waals surface area contributed by atoms with E-state index in [4.69, 9.17) is 4.74 Å².